The van der Waals surface area contributed by atoms with Gasteiger partial charge in [-0.3, -0.25) is 19.3 Å². The zero-order valence-corrected chi connectivity index (χ0v) is 19.8. The Morgan fingerprint density at radius 1 is 1.31 bits per heavy atom. The molecular formula is C20H25N3O7S2. The first-order valence-electron chi connectivity index (χ1n) is 9.71. The molecule has 0 unspecified atom stereocenters. The van der Waals surface area contributed by atoms with Gasteiger partial charge >= 0.3 is 11.9 Å². The Hall–Kier alpha value is -2.41. The molecule has 12 heteroatoms. The fourth-order valence-corrected chi connectivity index (χ4v) is 6.12. The molecular weight excluding hydrogens is 458 g/mol. The third-order valence-corrected chi connectivity index (χ3v) is 7.38. The monoisotopic (exact) mass is 483 g/mol. The Morgan fingerprint density at radius 2 is 2.00 bits per heavy atom. The highest BCUT2D eigenvalue weighted by atomic mass is 32.2. The van der Waals surface area contributed by atoms with E-state index in [1.54, 1.807) is 0 Å². The maximum atomic E-state index is 13.0. The summed E-state index contributed by atoms with van der Waals surface area (Å²) in [6, 6.07) is 3.83. The van der Waals surface area contributed by atoms with E-state index in [9.17, 15) is 24.3 Å². The summed E-state index contributed by atoms with van der Waals surface area (Å²) < 4.78 is 10.4. The summed E-state index contributed by atoms with van der Waals surface area (Å²) in [5.74, 6) is -2.73. The average molecular weight is 484 g/mol. The number of aliphatic carboxylic acids is 1. The van der Waals surface area contributed by atoms with Crippen LogP contribution in [-0.2, 0) is 41.6 Å². The standard InChI is InChI=1S/C20H25N3O7S2/c1-11(24)30-9-12-10-31-19-20(29-4,18(28)23(19)16(12)17(26)27)21-15(25)7-13-5-6-14(32-13)8-22(2)3/h5-6,19H,7-10H2,1-4H3,(H,21,25)(H,26,27)/t19-,20+/m1/s1. The van der Waals surface area contributed by atoms with E-state index in [0.29, 0.717) is 5.57 Å². The number of ether oxygens (including phenoxy) is 2. The van der Waals surface area contributed by atoms with Crippen LogP contribution in [-0.4, -0.2) is 83.3 Å². The van der Waals surface area contributed by atoms with E-state index in [2.05, 4.69) is 5.32 Å². The number of methoxy groups -OCH3 is 1. The van der Waals surface area contributed by atoms with E-state index >= 15 is 0 Å². The predicted molar refractivity (Wildman–Crippen MR) is 118 cm³/mol. The number of carbonyl (C=O) groups is 4. The molecule has 2 aliphatic heterocycles. The normalized spacial score (nSPS) is 22.5. The second kappa shape index (κ2) is 9.61. The van der Waals surface area contributed by atoms with Crippen LogP contribution in [0.5, 0.6) is 0 Å². The van der Waals surface area contributed by atoms with Crippen LogP contribution in [0.15, 0.2) is 23.4 Å². The Kier molecular flexibility index (Phi) is 7.28. The molecule has 174 valence electrons. The Balaban J connectivity index is 1.74. The molecule has 0 aromatic carbocycles. The minimum Gasteiger partial charge on any atom is -0.477 e. The molecule has 1 aromatic heterocycles. The number of thioether (sulfide) groups is 1. The lowest BCUT2D eigenvalue weighted by atomic mass is 9.98. The van der Waals surface area contributed by atoms with Gasteiger partial charge in [-0.2, -0.15) is 0 Å². The number of carbonyl (C=O) groups excluding carboxylic acids is 3. The van der Waals surface area contributed by atoms with Crippen molar-refractivity contribution >= 4 is 46.9 Å². The molecule has 0 bridgehead atoms. The summed E-state index contributed by atoms with van der Waals surface area (Å²) in [7, 11) is 5.22. The van der Waals surface area contributed by atoms with Crippen LogP contribution in [0.3, 0.4) is 0 Å². The predicted octanol–water partition coefficient (Wildman–Crippen LogP) is 0.628. The summed E-state index contributed by atoms with van der Waals surface area (Å²) in [5, 5.41) is 11.6. The summed E-state index contributed by atoms with van der Waals surface area (Å²) in [4.78, 5) is 53.8. The molecule has 2 aliphatic rings. The number of nitrogens with one attached hydrogen (secondary N) is 1. The van der Waals surface area contributed by atoms with Crippen LogP contribution in [0.25, 0.3) is 0 Å². The fourth-order valence-electron chi connectivity index (χ4n) is 3.57. The topological polar surface area (TPSA) is 125 Å². The number of thiophene rings is 1. The van der Waals surface area contributed by atoms with Gasteiger partial charge in [-0.1, -0.05) is 0 Å². The van der Waals surface area contributed by atoms with Crippen molar-refractivity contribution in [3.8, 4) is 0 Å². The molecule has 1 aromatic rings. The Morgan fingerprint density at radius 3 is 2.59 bits per heavy atom. The highest BCUT2D eigenvalue weighted by Gasteiger charge is 2.66. The molecule has 2 N–H and O–H groups in total. The molecule has 32 heavy (non-hydrogen) atoms. The van der Waals surface area contributed by atoms with Gasteiger partial charge in [-0.15, -0.1) is 23.1 Å². The number of nitrogens with zero attached hydrogens (tertiary/aromatic N) is 2. The SMILES string of the molecule is CO[C@@]1(NC(=O)Cc2ccc(CN(C)C)s2)C(=O)N2C(C(=O)O)=C(COC(C)=O)CS[C@@H]21. The van der Waals surface area contributed by atoms with E-state index in [-0.39, 0.29) is 24.5 Å². The zero-order valence-electron chi connectivity index (χ0n) is 18.2. The average Bonchev–Trinajstić information content (AvgIpc) is 3.14. The van der Waals surface area contributed by atoms with Crippen molar-refractivity contribution in [3.63, 3.8) is 0 Å². The molecule has 3 heterocycles. The molecule has 0 saturated carbocycles. The van der Waals surface area contributed by atoms with Crippen molar-refractivity contribution in [2.45, 2.75) is 31.0 Å². The van der Waals surface area contributed by atoms with Gasteiger partial charge in [0.1, 0.15) is 17.7 Å². The van der Waals surface area contributed by atoms with E-state index in [1.807, 2.05) is 31.1 Å². The van der Waals surface area contributed by atoms with Crippen LogP contribution in [0.1, 0.15) is 16.7 Å². The van der Waals surface area contributed by atoms with Crippen LogP contribution in [0, 0.1) is 0 Å². The minimum absolute atomic E-state index is 0.0766. The van der Waals surface area contributed by atoms with E-state index < -0.39 is 34.9 Å². The third kappa shape index (κ3) is 4.68. The molecule has 3 rings (SSSR count). The molecule has 0 radical (unpaired) electrons. The van der Waals surface area contributed by atoms with Gasteiger partial charge in [0.2, 0.25) is 5.91 Å². The number of hydrogen-bond acceptors (Lipinski definition) is 9. The molecule has 1 saturated heterocycles. The highest BCUT2D eigenvalue weighted by molar-refractivity contribution is 8.00. The summed E-state index contributed by atoms with van der Waals surface area (Å²) in [6.07, 6.45) is 0.0766. The smallest absolute Gasteiger partial charge is 0.352 e. The minimum atomic E-state index is -1.65. The van der Waals surface area contributed by atoms with Gasteiger partial charge in [-0.05, 0) is 26.2 Å². The second-order valence-electron chi connectivity index (χ2n) is 7.65. The van der Waals surface area contributed by atoms with Crippen LogP contribution >= 0.6 is 23.1 Å². The molecule has 0 aliphatic carbocycles. The largest absolute Gasteiger partial charge is 0.477 e. The van der Waals surface area contributed by atoms with Crippen molar-refractivity contribution < 1.29 is 33.8 Å². The maximum absolute atomic E-state index is 13.0. The lowest BCUT2D eigenvalue weighted by Crippen LogP contribution is -2.80. The van der Waals surface area contributed by atoms with Gasteiger partial charge in [0.05, 0.1) is 6.42 Å². The van der Waals surface area contributed by atoms with Crippen LogP contribution in [0.4, 0.5) is 0 Å². The number of amides is 2. The zero-order chi connectivity index (χ0) is 23.6. The first-order chi connectivity index (χ1) is 15.1. The lowest BCUT2D eigenvalue weighted by Gasteiger charge is -2.55. The first kappa shape index (κ1) is 24.2. The van der Waals surface area contributed by atoms with E-state index in [0.717, 1.165) is 21.2 Å². The first-order valence-corrected chi connectivity index (χ1v) is 11.6. The van der Waals surface area contributed by atoms with Gasteiger partial charge in [0.25, 0.3) is 11.6 Å². The number of carboxylic acids is 1. The van der Waals surface area contributed by atoms with Crippen molar-refractivity contribution in [3.05, 3.63) is 33.2 Å². The quantitative estimate of drug-likeness (QED) is 0.295. The molecule has 0 spiro atoms. The third-order valence-electron chi connectivity index (χ3n) is 4.93. The van der Waals surface area contributed by atoms with Crippen LogP contribution in [0.2, 0.25) is 0 Å². The summed E-state index contributed by atoms with van der Waals surface area (Å²) >= 11 is 2.75. The molecule has 1 fully saturated rings. The number of esters is 1. The number of rotatable bonds is 9. The number of hydrogen-bond donors (Lipinski definition) is 2. The number of fused-ring (bicyclic) bond motifs is 1. The Bertz CT molecular complexity index is 974. The van der Waals surface area contributed by atoms with E-state index in [4.69, 9.17) is 9.47 Å². The fraction of sp³-hybridized carbons (Fsp3) is 0.500. The second-order valence-corrected chi connectivity index (χ2v) is 9.97. The summed E-state index contributed by atoms with van der Waals surface area (Å²) in [5.41, 5.74) is -1.59. The number of β-lactam (4-membered cyclic amide) rings is 1. The molecule has 2 atom stereocenters. The van der Waals surface area contributed by atoms with Gasteiger partial charge in [-0.25, -0.2) is 4.79 Å². The molecule has 10 nitrogen and oxygen atoms in total. The molecule has 2 amide bonds. The maximum Gasteiger partial charge on any atom is 0.352 e. The lowest BCUT2D eigenvalue weighted by molar-refractivity contribution is -0.192. The van der Waals surface area contributed by atoms with Gasteiger partial charge in [0.15, 0.2) is 0 Å². The van der Waals surface area contributed by atoms with Crippen molar-refractivity contribution in [1.82, 2.24) is 15.1 Å². The van der Waals surface area contributed by atoms with Gasteiger partial charge < -0.3 is 24.8 Å². The van der Waals surface area contributed by atoms with Crippen molar-refractivity contribution in [1.29, 1.82) is 0 Å². The number of carboxylic acid groups (broad SMARTS) is 1. The van der Waals surface area contributed by atoms with Crippen LogP contribution < -0.4 is 5.32 Å². The Labute approximate surface area is 193 Å². The highest BCUT2D eigenvalue weighted by Crippen LogP contribution is 2.46. The van der Waals surface area contributed by atoms with Gasteiger partial charge in [0, 0.05) is 41.7 Å². The summed E-state index contributed by atoms with van der Waals surface area (Å²) in [6.45, 7) is 1.76. The van der Waals surface area contributed by atoms with E-state index in [1.165, 1.54) is 37.1 Å². The van der Waals surface area contributed by atoms with Crippen molar-refractivity contribution in [2.24, 2.45) is 0 Å². The van der Waals surface area contributed by atoms with Crippen molar-refractivity contribution in [2.75, 3.05) is 33.6 Å².